The van der Waals surface area contributed by atoms with Gasteiger partial charge in [0.1, 0.15) is 23.9 Å². The standard InChI is InChI=1S/C20H22FN3O3/c1-4-24-11-18(14(3)23-24)13(2)22-20(25)19-10-9-17(27-19)12-26-16-7-5-15(21)6-8-16/h5-11,13H,4,12H2,1-3H3,(H,22,25). The minimum absolute atomic E-state index is 0.150. The van der Waals surface area contributed by atoms with Crippen molar-refractivity contribution in [2.75, 3.05) is 0 Å². The van der Waals surface area contributed by atoms with Gasteiger partial charge in [0.15, 0.2) is 5.76 Å². The van der Waals surface area contributed by atoms with E-state index in [9.17, 15) is 9.18 Å². The van der Waals surface area contributed by atoms with Gasteiger partial charge in [-0.1, -0.05) is 0 Å². The van der Waals surface area contributed by atoms with Crippen LogP contribution in [0.15, 0.2) is 47.0 Å². The minimum Gasteiger partial charge on any atom is -0.486 e. The smallest absolute Gasteiger partial charge is 0.287 e. The number of aromatic nitrogens is 2. The summed E-state index contributed by atoms with van der Waals surface area (Å²) in [5, 5.41) is 7.31. The molecule has 0 bridgehead atoms. The third kappa shape index (κ3) is 4.55. The number of amides is 1. The van der Waals surface area contributed by atoms with E-state index < -0.39 is 0 Å². The van der Waals surface area contributed by atoms with E-state index in [1.165, 1.54) is 24.3 Å². The molecule has 7 heteroatoms. The molecule has 142 valence electrons. The molecule has 2 heterocycles. The molecule has 1 aromatic carbocycles. The van der Waals surface area contributed by atoms with Gasteiger partial charge >= 0.3 is 0 Å². The molecule has 1 atom stereocenters. The molecule has 3 rings (SSSR count). The predicted molar refractivity (Wildman–Crippen MR) is 98.0 cm³/mol. The Bertz CT molecular complexity index is 915. The van der Waals surface area contributed by atoms with Gasteiger partial charge in [-0.2, -0.15) is 5.10 Å². The molecule has 1 N–H and O–H groups in total. The van der Waals surface area contributed by atoms with Gasteiger partial charge in [0.05, 0.1) is 11.7 Å². The van der Waals surface area contributed by atoms with Gasteiger partial charge in [-0.15, -0.1) is 0 Å². The Morgan fingerprint density at radius 1 is 1.30 bits per heavy atom. The number of rotatable bonds is 7. The van der Waals surface area contributed by atoms with E-state index in [1.54, 1.807) is 12.1 Å². The maximum atomic E-state index is 12.9. The van der Waals surface area contributed by atoms with Crippen molar-refractivity contribution in [1.29, 1.82) is 0 Å². The van der Waals surface area contributed by atoms with Crippen molar-refractivity contribution in [3.63, 3.8) is 0 Å². The minimum atomic E-state index is -0.326. The number of hydrogen-bond donors (Lipinski definition) is 1. The van der Waals surface area contributed by atoms with Crippen molar-refractivity contribution in [3.8, 4) is 5.75 Å². The first kappa shape index (κ1) is 18.7. The normalized spacial score (nSPS) is 12.0. The van der Waals surface area contributed by atoms with Crippen LogP contribution < -0.4 is 10.1 Å². The van der Waals surface area contributed by atoms with E-state index in [1.807, 2.05) is 31.6 Å². The lowest BCUT2D eigenvalue weighted by molar-refractivity contribution is 0.0907. The molecule has 0 radical (unpaired) electrons. The molecule has 0 aliphatic carbocycles. The fourth-order valence-electron chi connectivity index (χ4n) is 2.73. The summed E-state index contributed by atoms with van der Waals surface area (Å²) in [6, 6.07) is 8.80. The molecule has 0 spiro atoms. The third-order valence-electron chi connectivity index (χ3n) is 4.20. The summed E-state index contributed by atoms with van der Waals surface area (Å²) in [6.07, 6.45) is 1.93. The molecule has 0 fully saturated rings. The maximum absolute atomic E-state index is 12.9. The molecule has 27 heavy (non-hydrogen) atoms. The van der Waals surface area contributed by atoms with E-state index in [0.717, 1.165) is 17.8 Å². The predicted octanol–water partition coefficient (Wildman–Crippen LogP) is 4.01. The Hall–Kier alpha value is -3.09. The molecule has 1 amide bonds. The van der Waals surface area contributed by atoms with E-state index >= 15 is 0 Å². The van der Waals surface area contributed by atoms with Gasteiger partial charge in [0.25, 0.3) is 5.91 Å². The van der Waals surface area contributed by atoms with E-state index in [4.69, 9.17) is 9.15 Å². The third-order valence-corrected chi connectivity index (χ3v) is 4.20. The molecule has 0 saturated heterocycles. The van der Waals surface area contributed by atoms with E-state index in [-0.39, 0.29) is 30.1 Å². The van der Waals surface area contributed by atoms with Gasteiger partial charge < -0.3 is 14.5 Å². The molecule has 1 unspecified atom stereocenters. The number of halogens is 1. The lowest BCUT2D eigenvalue weighted by Gasteiger charge is -2.12. The van der Waals surface area contributed by atoms with Crippen LogP contribution >= 0.6 is 0 Å². The van der Waals surface area contributed by atoms with Crippen LogP contribution in [0.25, 0.3) is 0 Å². The molecule has 2 aromatic heterocycles. The van der Waals surface area contributed by atoms with Crippen LogP contribution in [0.5, 0.6) is 5.75 Å². The summed E-state index contributed by atoms with van der Waals surface area (Å²) in [7, 11) is 0. The van der Waals surface area contributed by atoms with Crippen LogP contribution in [0, 0.1) is 12.7 Å². The van der Waals surface area contributed by atoms with Gasteiger partial charge in [0, 0.05) is 18.3 Å². The Balaban J connectivity index is 1.59. The zero-order valence-electron chi connectivity index (χ0n) is 15.5. The van der Waals surface area contributed by atoms with Crippen molar-refractivity contribution in [2.24, 2.45) is 0 Å². The van der Waals surface area contributed by atoms with Crippen molar-refractivity contribution in [1.82, 2.24) is 15.1 Å². The summed E-state index contributed by atoms with van der Waals surface area (Å²) in [4.78, 5) is 12.4. The highest BCUT2D eigenvalue weighted by atomic mass is 19.1. The fraction of sp³-hybridized carbons (Fsp3) is 0.300. The van der Waals surface area contributed by atoms with Gasteiger partial charge in [-0.3, -0.25) is 9.48 Å². The number of hydrogen-bond acceptors (Lipinski definition) is 4. The van der Waals surface area contributed by atoms with Gasteiger partial charge in [0.2, 0.25) is 0 Å². The van der Waals surface area contributed by atoms with Gasteiger partial charge in [-0.05, 0) is 57.2 Å². The van der Waals surface area contributed by atoms with Crippen LogP contribution in [0.2, 0.25) is 0 Å². The number of benzene rings is 1. The maximum Gasteiger partial charge on any atom is 0.287 e. The summed E-state index contributed by atoms with van der Waals surface area (Å²) in [5.41, 5.74) is 1.86. The lowest BCUT2D eigenvalue weighted by Crippen LogP contribution is -2.26. The first-order valence-corrected chi connectivity index (χ1v) is 8.78. The van der Waals surface area contributed by atoms with Crippen molar-refractivity contribution >= 4 is 5.91 Å². The Kier molecular flexibility index (Phi) is 5.59. The largest absolute Gasteiger partial charge is 0.486 e. The molecule has 3 aromatic rings. The number of nitrogens with one attached hydrogen (secondary N) is 1. The van der Waals surface area contributed by atoms with Crippen LogP contribution in [-0.2, 0) is 13.2 Å². The second kappa shape index (κ2) is 8.07. The zero-order valence-corrected chi connectivity index (χ0v) is 15.5. The molecule has 0 aliphatic heterocycles. The number of furan rings is 1. The molecule has 6 nitrogen and oxygen atoms in total. The van der Waals surface area contributed by atoms with Crippen LogP contribution in [0.1, 0.15) is 47.5 Å². The lowest BCUT2D eigenvalue weighted by atomic mass is 10.1. The SMILES string of the molecule is CCn1cc(C(C)NC(=O)c2ccc(COc3ccc(F)cc3)o2)c(C)n1. The summed E-state index contributed by atoms with van der Waals surface area (Å²) >= 11 is 0. The number of carbonyl (C=O) groups excluding carboxylic acids is 1. The second-order valence-electron chi connectivity index (χ2n) is 6.23. The van der Waals surface area contributed by atoms with E-state index in [0.29, 0.717) is 11.5 Å². The van der Waals surface area contributed by atoms with Crippen molar-refractivity contribution in [2.45, 2.75) is 40.0 Å². The first-order chi connectivity index (χ1) is 13.0. The first-order valence-electron chi connectivity index (χ1n) is 8.78. The average Bonchev–Trinajstić information content (AvgIpc) is 3.27. The fourth-order valence-corrected chi connectivity index (χ4v) is 2.73. The average molecular weight is 371 g/mol. The number of aryl methyl sites for hydroxylation is 2. The molecular formula is C20H22FN3O3. The highest BCUT2D eigenvalue weighted by Crippen LogP contribution is 2.18. The van der Waals surface area contributed by atoms with Gasteiger partial charge in [-0.25, -0.2) is 4.39 Å². The number of carbonyl (C=O) groups is 1. The monoisotopic (exact) mass is 371 g/mol. The van der Waals surface area contributed by atoms with Crippen LogP contribution in [0.3, 0.4) is 0 Å². The summed E-state index contributed by atoms with van der Waals surface area (Å²) in [5.74, 6) is 0.607. The summed E-state index contributed by atoms with van der Waals surface area (Å²) < 4.78 is 25.8. The van der Waals surface area contributed by atoms with Crippen LogP contribution in [0.4, 0.5) is 4.39 Å². The molecule has 0 aliphatic rings. The molecular weight excluding hydrogens is 349 g/mol. The zero-order chi connectivity index (χ0) is 19.4. The number of nitrogens with zero attached hydrogens (tertiary/aromatic N) is 2. The van der Waals surface area contributed by atoms with Crippen molar-refractivity contribution < 1.29 is 18.3 Å². The Labute approximate surface area is 156 Å². The topological polar surface area (TPSA) is 69.3 Å². The van der Waals surface area contributed by atoms with Crippen molar-refractivity contribution in [3.05, 3.63) is 71.2 Å². The van der Waals surface area contributed by atoms with E-state index in [2.05, 4.69) is 10.4 Å². The quantitative estimate of drug-likeness (QED) is 0.681. The Morgan fingerprint density at radius 3 is 2.70 bits per heavy atom. The number of ether oxygens (including phenoxy) is 1. The molecule has 0 saturated carbocycles. The van der Waals surface area contributed by atoms with Crippen LogP contribution in [-0.4, -0.2) is 15.7 Å². The Morgan fingerprint density at radius 2 is 2.04 bits per heavy atom. The highest BCUT2D eigenvalue weighted by molar-refractivity contribution is 5.91. The second-order valence-corrected chi connectivity index (χ2v) is 6.23. The summed E-state index contributed by atoms with van der Waals surface area (Å²) in [6.45, 7) is 6.76. The highest BCUT2D eigenvalue weighted by Gasteiger charge is 2.18.